The highest BCUT2D eigenvalue weighted by Gasteiger charge is 2.33. The topological polar surface area (TPSA) is 82.2 Å². The van der Waals surface area contributed by atoms with Gasteiger partial charge in [-0.1, -0.05) is 40.3 Å². The van der Waals surface area contributed by atoms with Gasteiger partial charge >= 0.3 is 6.09 Å². The molecule has 0 aliphatic carbocycles. The Morgan fingerprint density at radius 3 is 2.46 bits per heavy atom. The Bertz CT molecular complexity index is 1190. The minimum atomic E-state index is -0.522. The molecule has 2 heterocycles. The van der Waals surface area contributed by atoms with Crippen LogP contribution in [0.3, 0.4) is 0 Å². The van der Waals surface area contributed by atoms with Gasteiger partial charge in [-0.15, -0.1) is 0 Å². The van der Waals surface area contributed by atoms with E-state index in [9.17, 15) is 14.4 Å². The highest BCUT2D eigenvalue weighted by atomic mass is 79.9. The van der Waals surface area contributed by atoms with Crippen LogP contribution in [0.1, 0.15) is 30.1 Å². The van der Waals surface area contributed by atoms with Crippen molar-refractivity contribution >= 4 is 62.3 Å². The molecule has 37 heavy (non-hydrogen) atoms. The SMILES string of the molecule is CC(=S)NC[C@H]1CN(c2ccc(N3CCN(C(=O)CCC(=O)c4ccc(Br)cc4)CC3)c(F)c2)C(=O)O1. The van der Waals surface area contributed by atoms with Gasteiger partial charge in [0.1, 0.15) is 11.9 Å². The first-order valence-electron chi connectivity index (χ1n) is 12.0. The Morgan fingerprint density at radius 2 is 1.81 bits per heavy atom. The summed E-state index contributed by atoms with van der Waals surface area (Å²) in [5.74, 6) is -0.595. The lowest BCUT2D eigenvalue weighted by molar-refractivity contribution is -0.131. The molecule has 2 aliphatic heterocycles. The minimum absolute atomic E-state index is 0.0695. The van der Waals surface area contributed by atoms with Crippen LogP contribution < -0.4 is 15.1 Å². The van der Waals surface area contributed by atoms with Crippen molar-refractivity contribution in [2.75, 3.05) is 49.1 Å². The summed E-state index contributed by atoms with van der Waals surface area (Å²) < 4.78 is 21.3. The first-order chi connectivity index (χ1) is 17.7. The smallest absolute Gasteiger partial charge is 0.414 e. The Labute approximate surface area is 228 Å². The monoisotopic (exact) mass is 590 g/mol. The van der Waals surface area contributed by atoms with Crippen LogP contribution in [0.4, 0.5) is 20.6 Å². The minimum Gasteiger partial charge on any atom is -0.442 e. The first kappa shape index (κ1) is 27.0. The summed E-state index contributed by atoms with van der Waals surface area (Å²) >= 11 is 8.33. The van der Waals surface area contributed by atoms with Crippen LogP contribution >= 0.6 is 28.1 Å². The summed E-state index contributed by atoms with van der Waals surface area (Å²) in [4.78, 5) is 42.9. The number of anilines is 2. The van der Waals surface area contributed by atoms with E-state index in [1.54, 1.807) is 48.2 Å². The number of thiocarbonyl (C=S) groups is 1. The van der Waals surface area contributed by atoms with Crippen molar-refractivity contribution in [3.05, 3.63) is 58.3 Å². The van der Waals surface area contributed by atoms with Crippen molar-refractivity contribution in [3.8, 4) is 0 Å². The van der Waals surface area contributed by atoms with E-state index in [0.29, 0.717) is 61.2 Å². The van der Waals surface area contributed by atoms with Crippen LogP contribution in [0.2, 0.25) is 0 Å². The van der Waals surface area contributed by atoms with E-state index < -0.39 is 11.9 Å². The van der Waals surface area contributed by atoms with Crippen LogP contribution in [-0.4, -0.2) is 73.0 Å². The molecule has 0 bridgehead atoms. The Morgan fingerprint density at radius 1 is 1.11 bits per heavy atom. The number of hydrogen-bond acceptors (Lipinski definition) is 6. The molecule has 0 aromatic heterocycles. The second-order valence-corrected chi connectivity index (χ2v) is 10.5. The summed E-state index contributed by atoms with van der Waals surface area (Å²) in [5, 5.41) is 2.98. The number of nitrogens with one attached hydrogen (secondary N) is 1. The molecular formula is C26H28BrFN4O4S. The fraction of sp³-hybridized carbons (Fsp3) is 0.385. The van der Waals surface area contributed by atoms with Crippen molar-refractivity contribution < 1.29 is 23.5 Å². The second-order valence-electron chi connectivity index (χ2n) is 8.99. The number of nitrogens with zero attached hydrogens (tertiary/aromatic N) is 3. The van der Waals surface area contributed by atoms with E-state index in [1.807, 2.05) is 4.90 Å². The molecule has 2 aromatic rings. The van der Waals surface area contributed by atoms with E-state index in [2.05, 4.69) is 21.2 Å². The van der Waals surface area contributed by atoms with Gasteiger partial charge in [0.25, 0.3) is 0 Å². The first-order valence-corrected chi connectivity index (χ1v) is 13.2. The van der Waals surface area contributed by atoms with Crippen LogP contribution in [-0.2, 0) is 9.53 Å². The number of carbonyl (C=O) groups excluding carboxylic acids is 3. The number of piperazine rings is 1. The van der Waals surface area contributed by atoms with E-state index in [0.717, 1.165) is 4.47 Å². The lowest BCUT2D eigenvalue weighted by Gasteiger charge is -2.36. The molecule has 8 nitrogen and oxygen atoms in total. The molecule has 11 heteroatoms. The van der Waals surface area contributed by atoms with E-state index in [4.69, 9.17) is 17.0 Å². The average molecular weight is 592 g/mol. The highest BCUT2D eigenvalue weighted by Crippen LogP contribution is 2.28. The standard InChI is InChI=1S/C26H28BrFN4O4S/c1-17(37)29-15-21-16-32(26(35)36-21)20-6-7-23(22(28)14-20)30-10-12-31(13-11-30)25(34)9-8-24(33)18-2-4-19(27)5-3-18/h2-7,14,21H,8-13,15-16H2,1H3,(H,29,37)/t21-/m0/s1. The zero-order chi connectivity index (χ0) is 26.5. The molecule has 0 saturated carbocycles. The molecule has 2 saturated heterocycles. The van der Waals surface area contributed by atoms with Crippen molar-refractivity contribution in [3.63, 3.8) is 0 Å². The number of hydrogen-bond donors (Lipinski definition) is 1. The molecule has 0 radical (unpaired) electrons. The fourth-order valence-electron chi connectivity index (χ4n) is 4.37. The summed E-state index contributed by atoms with van der Waals surface area (Å²) in [5.41, 5.74) is 1.43. The summed E-state index contributed by atoms with van der Waals surface area (Å²) in [6, 6.07) is 11.8. The zero-order valence-corrected chi connectivity index (χ0v) is 22.8. The van der Waals surface area contributed by atoms with Crippen molar-refractivity contribution in [1.29, 1.82) is 0 Å². The van der Waals surface area contributed by atoms with Gasteiger partial charge in [0.15, 0.2) is 5.78 Å². The van der Waals surface area contributed by atoms with Crippen LogP contribution in [0.5, 0.6) is 0 Å². The maximum atomic E-state index is 15.0. The highest BCUT2D eigenvalue weighted by molar-refractivity contribution is 9.10. The molecule has 0 spiro atoms. The summed E-state index contributed by atoms with van der Waals surface area (Å²) in [6.07, 6.45) is -0.599. The molecule has 196 valence electrons. The normalized spacial score (nSPS) is 17.5. The molecule has 2 amide bonds. The van der Waals surface area contributed by atoms with Gasteiger partial charge in [-0.25, -0.2) is 9.18 Å². The average Bonchev–Trinajstić information content (AvgIpc) is 3.26. The molecular weight excluding hydrogens is 563 g/mol. The maximum absolute atomic E-state index is 15.0. The molecule has 4 rings (SSSR count). The Kier molecular flexibility index (Phi) is 8.75. The number of amides is 2. The number of benzene rings is 2. The largest absolute Gasteiger partial charge is 0.442 e. The number of ether oxygens (including phenoxy) is 1. The lowest BCUT2D eigenvalue weighted by atomic mass is 10.1. The van der Waals surface area contributed by atoms with E-state index >= 15 is 4.39 Å². The quantitative estimate of drug-likeness (QED) is 0.365. The van der Waals surface area contributed by atoms with E-state index in [1.165, 1.54) is 11.0 Å². The Hall–Kier alpha value is -3.05. The fourth-order valence-corrected chi connectivity index (χ4v) is 4.72. The van der Waals surface area contributed by atoms with Crippen molar-refractivity contribution in [2.45, 2.75) is 25.9 Å². The number of ketones is 1. The number of cyclic esters (lactones) is 1. The summed E-state index contributed by atoms with van der Waals surface area (Å²) in [6.45, 7) is 4.29. The van der Waals surface area contributed by atoms with Crippen LogP contribution in [0.25, 0.3) is 0 Å². The van der Waals surface area contributed by atoms with Gasteiger partial charge < -0.3 is 19.9 Å². The second kappa shape index (κ2) is 12.0. The molecule has 2 aromatic carbocycles. The molecule has 2 aliphatic rings. The molecule has 0 unspecified atom stereocenters. The third kappa shape index (κ3) is 6.84. The third-order valence-corrected chi connectivity index (χ3v) is 7.07. The van der Waals surface area contributed by atoms with Gasteiger partial charge in [0.2, 0.25) is 5.91 Å². The lowest BCUT2D eigenvalue weighted by Crippen LogP contribution is -2.49. The third-order valence-electron chi connectivity index (χ3n) is 6.40. The predicted molar refractivity (Wildman–Crippen MR) is 147 cm³/mol. The summed E-state index contributed by atoms with van der Waals surface area (Å²) in [7, 11) is 0. The zero-order valence-electron chi connectivity index (χ0n) is 20.4. The maximum Gasteiger partial charge on any atom is 0.414 e. The molecule has 1 N–H and O–H groups in total. The van der Waals surface area contributed by atoms with Gasteiger partial charge in [-0.3, -0.25) is 14.5 Å². The number of rotatable bonds is 8. The predicted octanol–water partition coefficient (Wildman–Crippen LogP) is 4.16. The Balaban J connectivity index is 1.28. The van der Waals surface area contributed by atoms with Crippen LogP contribution in [0, 0.1) is 5.82 Å². The van der Waals surface area contributed by atoms with Crippen molar-refractivity contribution in [2.24, 2.45) is 0 Å². The van der Waals surface area contributed by atoms with Crippen LogP contribution in [0.15, 0.2) is 46.9 Å². The van der Waals surface area contributed by atoms with E-state index in [-0.39, 0.29) is 30.6 Å². The number of halogens is 2. The van der Waals surface area contributed by atoms with Gasteiger partial charge in [-0.2, -0.15) is 0 Å². The van der Waals surface area contributed by atoms with Gasteiger partial charge in [-0.05, 0) is 37.3 Å². The molecule has 1 atom stereocenters. The number of carbonyl (C=O) groups is 3. The van der Waals surface area contributed by atoms with Gasteiger partial charge in [0, 0.05) is 49.1 Å². The molecule has 2 fully saturated rings. The van der Waals surface area contributed by atoms with Gasteiger partial charge in [0.05, 0.1) is 29.5 Å². The number of Topliss-reactive ketones (excluding diaryl/α,β-unsaturated/α-hetero) is 1. The van der Waals surface area contributed by atoms with Crippen molar-refractivity contribution in [1.82, 2.24) is 10.2 Å².